The SMILES string of the molecule is c1ccc(-c2nc(-c3cccc(-c4ccc5c(c4)c4ccc6ccccc6c4n5-c4ccccc4)c3)nc3c2c2ccccc2n3-c2ccccc2)cc1. The van der Waals surface area contributed by atoms with Crippen LogP contribution in [-0.2, 0) is 0 Å². The zero-order valence-electron chi connectivity index (χ0n) is 29.3. The standard InChI is InChI=1S/C50H32N4/c1-4-16-34(17-5-1)47-46-42-25-12-13-26-44(42)54(39-22-8-3-9-23-39)50(46)52-49(51-47)37-19-14-18-35(31-37)36-28-30-45-43(32-36)41-29-27-33-15-10-11-24-40(33)48(41)53(45)38-20-6-2-7-21-38/h1-32H. The van der Waals surface area contributed by atoms with Gasteiger partial charge in [-0.2, -0.15) is 0 Å². The maximum atomic E-state index is 5.39. The fourth-order valence-electron chi connectivity index (χ4n) is 8.27. The lowest BCUT2D eigenvalue weighted by Gasteiger charge is -2.11. The van der Waals surface area contributed by atoms with Gasteiger partial charge in [0.15, 0.2) is 5.82 Å². The van der Waals surface area contributed by atoms with Crippen LogP contribution in [0, 0.1) is 0 Å². The molecule has 0 saturated heterocycles. The predicted molar refractivity (Wildman–Crippen MR) is 225 cm³/mol. The summed E-state index contributed by atoms with van der Waals surface area (Å²) in [6.45, 7) is 0. The molecule has 0 aliphatic carbocycles. The van der Waals surface area contributed by atoms with Crippen LogP contribution in [0.25, 0.3) is 99.7 Å². The van der Waals surface area contributed by atoms with Crippen molar-refractivity contribution in [2.24, 2.45) is 0 Å². The van der Waals surface area contributed by atoms with E-state index in [9.17, 15) is 0 Å². The average Bonchev–Trinajstić information content (AvgIpc) is 3.77. The first kappa shape index (κ1) is 30.3. The Labute approximate surface area is 311 Å². The van der Waals surface area contributed by atoms with Gasteiger partial charge in [-0.05, 0) is 65.0 Å². The van der Waals surface area contributed by atoms with Crippen molar-refractivity contribution in [1.29, 1.82) is 0 Å². The molecule has 0 fully saturated rings. The fraction of sp³-hybridized carbons (Fsp3) is 0. The van der Waals surface area contributed by atoms with Crippen LogP contribution in [0.1, 0.15) is 0 Å². The van der Waals surface area contributed by atoms with Gasteiger partial charge < -0.3 is 4.57 Å². The molecule has 4 nitrogen and oxygen atoms in total. The number of para-hydroxylation sites is 3. The number of nitrogens with zero attached hydrogens (tertiary/aromatic N) is 4. The number of benzene rings is 8. The summed E-state index contributed by atoms with van der Waals surface area (Å²) in [5, 5.41) is 7.11. The van der Waals surface area contributed by atoms with Crippen molar-refractivity contribution in [1.82, 2.24) is 19.1 Å². The molecule has 0 aliphatic rings. The Hall–Kier alpha value is -7.30. The summed E-state index contributed by atoms with van der Waals surface area (Å²) < 4.78 is 4.68. The summed E-state index contributed by atoms with van der Waals surface area (Å²) in [6, 6.07) is 68.9. The van der Waals surface area contributed by atoms with E-state index in [1.807, 2.05) is 0 Å². The molecular formula is C50H32N4. The summed E-state index contributed by atoms with van der Waals surface area (Å²) in [4.78, 5) is 10.7. The molecule has 4 heteroatoms. The van der Waals surface area contributed by atoms with Crippen molar-refractivity contribution >= 4 is 54.5 Å². The third-order valence-corrected chi connectivity index (χ3v) is 10.7. The maximum absolute atomic E-state index is 5.39. The highest BCUT2D eigenvalue weighted by atomic mass is 15.1. The lowest BCUT2D eigenvalue weighted by Crippen LogP contribution is -1.99. The van der Waals surface area contributed by atoms with Crippen molar-refractivity contribution in [3.05, 3.63) is 194 Å². The molecule has 0 amide bonds. The Morgan fingerprint density at radius 2 is 0.963 bits per heavy atom. The molecule has 11 rings (SSSR count). The molecule has 0 N–H and O–H groups in total. The van der Waals surface area contributed by atoms with Gasteiger partial charge in [0.05, 0.1) is 27.6 Å². The molecule has 0 saturated carbocycles. The minimum absolute atomic E-state index is 0.691. The van der Waals surface area contributed by atoms with Crippen molar-refractivity contribution in [3.8, 4) is 45.1 Å². The molecule has 3 heterocycles. The van der Waals surface area contributed by atoms with Crippen LogP contribution in [0.5, 0.6) is 0 Å². The molecule has 3 aromatic heterocycles. The lowest BCUT2D eigenvalue weighted by molar-refractivity contribution is 1.11. The predicted octanol–water partition coefficient (Wildman–Crippen LogP) is 12.8. The lowest BCUT2D eigenvalue weighted by atomic mass is 9.99. The molecule has 0 atom stereocenters. The zero-order valence-corrected chi connectivity index (χ0v) is 29.3. The van der Waals surface area contributed by atoms with E-state index < -0.39 is 0 Å². The van der Waals surface area contributed by atoms with E-state index in [1.165, 1.54) is 32.6 Å². The van der Waals surface area contributed by atoms with Gasteiger partial charge in [0.1, 0.15) is 5.65 Å². The molecule has 0 unspecified atom stereocenters. The van der Waals surface area contributed by atoms with Crippen LogP contribution in [0.3, 0.4) is 0 Å². The number of hydrogen-bond donors (Lipinski definition) is 0. The second-order valence-electron chi connectivity index (χ2n) is 13.8. The van der Waals surface area contributed by atoms with E-state index in [-0.39, 0.29) is 0 Å². The molecule has 0 bridgehead atoms. The van der Waals surface area contributed by atoms with Crippen LogP contribution in [0.2, 0.25) is 0 Å². The normalized spacial score (nSPS) is 11.7. The van der Waals surface area contributed by atoms with Crippen molar-refractivity contribution < 1.29 is 0 Å². The Morgan fingerprint density at radius 1 is 0.352 bits per heavy atom. The molecule has 54 heavy (non-hydrogen) atoms. The number of fused-ring (bicyclic) bond motifs is 8. The summed E-state index contributed by atoms with van der Waals surface area (Å²) in [5.74, 6) is 0.691. The number of rotatable bonds is 5. The third-order valence-electron chi connectivity index (χ3n) is 10.7. The Balaban J connectivity index is 1.13. The van der Waals surface area contributed by atoms with Gasteiger partial charge in [-0.15, -0.1) is 0 Å². The summed E-state index contributed by atoms with van der Waals surface area (Å²) in [6.07, 6.45) is 0. The van der Waals surface area contributed by atoms with E-state index in [1.54, 1.807) is 0 Å². The first-order chi connectivity index (χ1) is 26.8. The second-order valence-corrected chi connectivity index (χ2v) is 13.8. The van der Waals surface area contributed by atoms with Gasteiger partial charge in [0, 0.05) is 44.0 Å². The first-order valence-corrected chi connectivity index (χ1v) is 18.3. The van der Waals surface area contributed by atoms with Crippen LogP contribution in [0.15, 0.2) is 194 Å². The quantitative estimate of drug-likeness (QED) is 0.180. The molecule has 8 aromatic carbocycles. The highest BCUT2D eigenvalue weighted by Crippen LogP contribution is 2.41. The largest absolute Gasteiger partial charge is 0.309 e. The molecule has 0 spiro atoms. The zero-order chi connectivity index (χ0) is 35.6. The summed E-state index contributed by atoms with van der Waals surface area (Å²) in [5.41, 5.74) is 11.8. The third kappa shape index (κ3) is 4.70. The minimum Gasteiger partial charge on any atom is -0.309 e. The molecule has 252 valence electrons. The monoisotopic (exact) mass is 688 g/mol. The highest BCUT2D eigenvalue weighted by molar-refractivity contribution is 6.19. The van der Waals surface area contributed by atoms with Gasteiger partial charge in [0.25, 0.3) is 0 Å². The van der Waals surface area contributed by atoms with Gasteiger partial charge in [-0.1, -0.05) is 146 Å². The van der Waals surface area contributed by atoms with Crippen molar-refractivity contribution in [3.63, 3.8) is 0 Å². The topological polar surface area (TPSA) is 35.6 Å². The fourth-order valence-corrected chi connectivity index (χ4v) is 8.27. The van der Waals surface area contributed by atoms with E-state index in [2.05, 4.69) is 203 Å². The van der Waals surface area contributed by atoms with Crippen LogP contribution < -0.4 is 0 Å². The van der Waals surface area contributed by atoms with E-state index >= 15 is 0 Å². The van der Waals surface area contributed by atoms with Crippen molar-refractivity contribution in [2.75, 3.05) is 0 Å². The maximum Gasteiger partial charge on any atom is 0.162 e. The Kier molecular flexibility index (Phi) is 6.82. The molecule has 11 aromatic rings. The van der Waals surface area contributed by atoms with Crippen LogP contribution in [0.4, 0.5) is 0 Å². The van der Waals surface area contributed by atoms with Gasteiger partial charge >= 0.3 is 0 Å². The van der Waals surface area contributed by atoms with Gasteiger partial charge in [-0.25, -0.2) is 9.97 Å². The second kappa shape index (κ2) is 12.1. The molecule has 0 radical (unpaired) electrons. The highest BCUT2D eigenvalue weighted by Gasteiger charge is 2.21. The van der Waals surface area contributed by atoms with Gasteiger partial charge in [0.2, 0.25) is 0 Å². The summed E-state index contributed by atoms with van der Waals surface area (Å²) >= 11 is 0. The first-order valence-electron chi connectivity index (χ1n) is 18.3. The van der Waals surface area contributed by atoms with Crippen LogP contribution in [-0.4, -0.2) is 19.1 Å². The van der Waals surface area contributed by atoms with E-state index in [0.29, 0.717) is 5.82 Å². The average molecular weight is 689 g/mol. The molecular weight excluding hydrogens is 657 g/mol. The summed E-state index contributed by atoms with van der Waals surface area (Å²) in [7, 11) is 0. The molecule has 0 aliphatic heterocycles. The Morgan fingerprint density at radius 3 is 1.76 bits per heavy atom. The Bertz CT molecular complexity index is 3200. The van der Waals surface area contributed by atoms with Crippen molar-refractivity contribution in [2.45, 2.75) is 0 Å². The number of aromatic nitrogens is 4. The smallest absolute Gasteiger partial charge is 0.162 e. The van der Waals surface area contributed by atoms with Crippen LogP contribution >= 0.6 is 0 Å². The van der Waals surface area contributed by atoms with E-state index in [4.69, 9.17) is 9.97 Å². The van der Waals surface area contributed by atoms with E-state index in [0.717, 1.165) is 61.3 Å². The van der Waals surface area contributed by atoms with Gasteiger partial charge in [-0.3, -0.25) is 4.57 Å². The number of hydrogen-bond acceptors (Lipinski definition) is 2. The minimum atomic E-state index is 0.691.